The molecule has 8 nitrogen and oxygen atoms in total. The van der Waals surface area contributed by atoms with Crippen molar-refractivity contribution in [2.75, 3.05) is 5.32 Å². The number of anilines is 1. The Balaban J connectivity index is 1.39. The molecule has 31 heavy (non-hydrogen) atoms. The van der Waals surface area contributed by atoms with E-state index in [4.69, 9.17) is 0 Å². The Hall–Kier alpha value is -4.14. The van der Waals surface area contributed by atoms with Crippen molar-refractivity contribution in [1.29, 1.82) is 0 Å². The molecule has 2 aromatic carbocycles. The number of hydrogen-bond acceptors (Lipinski definition) is 6. The molecule has 0 fully saturated rings. The minimum atomic E-state index is -0.329. The summed E-state index contributed by atoms with van der Waals surface area (Å²) < 4.78 is 15.1. The van der Waals surface area contributed by atoms with Crippen LogP contribution in [0, 0.1) is 5.82 Å². The summed E-state index contributed by atoms with van der Waals surface area (Å²) in [7, 11) is 1.87. The Kier molecular flexibility index (Phi) is 5.93. The summed E-state index contributed by atoms with van der Waals surface area (Å²) in [6, 6.07) is 15.1. The van der Waals surface area contributed by atoms with E-state index in [-0.39, 0.29) is 18.3 Å². The highest BCUT2D eigenvalue weighted by atomic mass is 19.1. The highest BCUT2D eigenvalue weighted by Gasteiger charge is 2.12. The normalized spacial score (nSPS) is 10.6. The van der Waals surface area contributed by atoms with Crippen LogP contribution in [0.3, 0.4) is 0 Å². The van der Waals surface area contributed by atoms with E-state index in [0.29, 0.717) is 29.2 Å². The fourth-order valence-electron chi connectivity index (χ4n) is 3.04. The molecule has 1 amide bonds. The molecule has 0 aliphatic heterocycles. The number of carbonyl (C=O) groups is 1. The summed E-state index contributed by atoms with van der Waals surface area (Å²) in [6.07, 6.45) is 3.12. The predicted molar refractivity (Wildman–Crippen MR) is 113 cm³/mol. The second-order valence-electron chi connectivity index (χ2n) is 6.84. The monoisotopic (exact) mass is 417 g/mol. The summed E-state index contributed by atoms with van der Waals surface area (Å²) >= 11 is 0. The quantitative estimate of drug-likeness (QED) is 0.480. The maximum atomic E-state index is 13.3. The van der Waals surface area contributed by atoms with Gasteiger partial charge >= 0.3 is 0 Å². The molecule has 4 aromatic rings. The molecule has 0 spiro atoms. The average Bonchev–Trinajstić information content (AvgIpc) is 3.17. The van der Waals surface area contributed by atoms with Crippen LogP contribution in [0.5, 0.6) is 0 Å². The second-order valence-corrected chi connectivity index (χ2v) is 6.84. The third-order valence-corrected chi connectivity index (χ3v) is 4.69. The van der Waals surface area contributed by atoms with Gasteiger partial charge < -0.3 is 15.2 Å². The molecule has 0 saturated carbocycles. The van der Waals surface area contributed by atoms with Gasteiger partial charge in [-0.3, -0.25) is 4.79 Å². The van der Waals surface area contributed by atoms with E-state index >= 15 is 0 Å². The number of aromatic nitrogens is 5. The smallest absolute Gasteiger partial charge is 0.251 e. The molecule has 0 radical (unpaired) electrons. The van der Waals surface area contributed by atoms with Crippen LogP contribution in [0.25, 0.3) is 11.5 Å². The highest BCUT2D eigenvalue weighted by molar-refractivity contribution is 5.95. The zero-order valence-electron chi connectivity index (χ0n) is 16.8. The van der Waals surface area contributed by atoms with Gasteiger partial charge in [-0.05, 0) is 42.0 Å². The SMILES string of the molecule is Cn1c(CNc2cccc(C(=O)NCc3cccc(F)c3)c2)nnc1-c1ccncn1. The van der Waals surface area contributed by atoms with Crippen molar-refractivity contribution in [3.8, 4) is 11.5 Å². The van der Waals surface area contributed by atoms with Crippen molar-refractivity contribution in [1.82, 2.24) is 30.0 Å². The fraction of sp³-hybridized carbons (Fsp3) is 0.136. The standard InChI is InChI=1S/C22H20FN7O/c1-30-20(28-29-21(30)19-8-9-24-14-27-19)13-25-18-7-3-5-16(11-18)22(31)26-12-15-4-2-6-17(23)10-15/h2-11,14,25H,12-13H2,1H3,(H,26,31). The number of nitrogens with one attached hydrogen (secondary N) is 2. The Morgan fingerprint density at radius 3 is 2.74 bits per heavy atom. The molecule has 2 heterocycles. The largest absolute Gasteiger partial charge is 0.378 e. The number of carbonyl (C=O) groups excluding carboxylic acids is 1. The van der Waals surface area contributed by atoms with Crippen LogP contribution in [-0.4, -0.2) is 30.6 Å². The first kappa shape index (κ1) is 20.1. The van der Waals surface area contributed by atoms with E-state index in [0.717, 1.165) is 11.5 Å². The van der Waals surface area contributed by atoms with Crippen LogP contribution in [0.1, 0.15) is 21.7 Å². The highest BCUT2D eigenvalue weighted by Crippen LogP contribution is 2.16. The van der Waals surface area contributed by atoms with Gasteiger partial charge in [0.1, 0.15) is 17.8 Å². The fourth-order valence-corrected chi connectivity index (χ4v) is 3.04. The predicted octanol–water partition coefficient (Wildman–Crippen LogP) is 2.95. The van der Waals surface area contributed by atoms with Gasteiger partial charge in [0.15, 0.2) is 11.6 Å². The zero-order chi connectivity index (χ0) is 21.6. The van der Waals surface area contributed by atoms with Gasteiger partial charge in [-0.15, -0.1) is 10.2 Å². The average molecular weight is 417 g/mol. The van der Waals surface area contributed by atoms with Crippen molar-refractivity contribution < 1.29 is 9.18 Å². The van der Waals surface area contributed by atoms with Crippen LogP contribution in [0.2, 0.25) is 0 Å². The van der Waals surface area contributed by atoms with Crippen molar-refractivity contribution in [3.63, 3.8) is 0 Å². The van der Waals surface area contributed by atoms with E-state index in [1.165, 1.54) is 18.5 Å². The topological polar surface area (TPSA) is 97.6 Å². The maximum Gasteiger partial charge on any atom is 0.251 e. The van der Waals surface area contributed by atoms with Crippen LogP contribution in [-0.2, 0) is 20.1 Å². The molecule has 0 bridgehead atoms. The molecule has 0 saturated heterocycles. The number of hydrogen-bond donors (Lipinski definition) is 2. The van der Waals surface area contributed by atoms with Gasteiger partial charge in [-0.1, -0.05) is 18.2 Å². The third kappa shape index (κ3) is 4.89. The molecule has 0 unspecified atom stereocenters. The Bertz CT molecular complexity index is 1190. The maximum absolute atomic E-state index is 13.3. The lowest BCUT2D eigenvalue weighted by atomic mass is 10.1. The Morgan fingerprint density at radius 2 is 1.94 bits per heavy atom. The van der Waals surface area contributed by atoms with Crippen LogP contribution < -0.4 is 10.6 Å². The summed E-state index contributed by atoms with van der Waals surface area (Å²) in [4.78, 5) is 20.6. The molecule has 0 aliphatic carbocycles. The molecule has 4 rings (SSSR count). The number of benzene rings is 2. The summed E-state index contributed by atoms with van der Waals surface area (Å²) in [5.41, 5.74) is 2.66. The number of amides is 1. The Morgan fingerprint density at radius 1 is 1.06 bits per heavy atom. The van der Waals surface area contributed by atoms with Gasteiger partial charge in [0.05, 0.1) is 6.54 Å². The van der Waals surface area contributed by atoms with Gasteiger partial charge in [-0.25, -0.2) is 14.4 Å². The molecule has 2 N–H and O–H groups in total. The summed E-state index contributed by atoms with van der Waals surface area (Å²) in [5, 5.41) is 14.5. The van der Waals surface area contributed by atoms with Crippen molar-refractivity contribution >= 4 is 11.6 Å². The number of halogens is 1. The lowest BCUT2D eigenvalue weighted by molar-refractivity contribution is 0.0951. The second kappa shape index (κ2) is 9.12. The van der Waals surface area contributed by atoms with Crippen molar-refractivity contribution in [2.24, 2.45) is 7.05 Å². The van der Waals surface area contributed by atoms with E-state index in [1.807, 2.05) is 17.7 Å². The van der Waals surface area contributed by atoms with Crippen LogP contribution in [0.4, 0.5) is 10.1 Å². The van der Waals surface area contributed by atoms with Gasteiger partial charge in [0.2, 0.25) is 0 Å². The molecule has 9 heteroatoms. The first-order valence-corrected chi connectivity index (χ1v) is 9.61. The first-order chi connectivity index (χ1) is 15.1. The molecule has 0 aliphatic rings. The van der Waals surface area contributed by atoms with E-state index < -0.39 is 0 Å². The molecule has 156 valence electrons. The minimum absolute atomic E-state index is 0.238. The number of nitrogens with zero attached hydrogens (tertiary/aromatic N) is 5. The van der Waals surface area contributed by atoms with E-state index in [9.17, 15) is 9.18 Å². The minimum Gasteiger partial charge on any atom is -0.378 e. The van der Waals surface area contributed by atoms with E-state index in [1.54, 1.807) is 42.6 Å². The van der Waals surface area contributed by atoms with E-state index in [2.05, 4.69) is 30.8 Å². The van der Waals surface area contributed by atoms with Crippen molar-refractivity contribution in [3.05, 3.63) is 89.9 Å². The van der Waals surface area contributed by atoms with Gasteiger partial charge in [-0.2, -0.15) is 0 Å². The molecular formula is C22H20FN7O. The Labute approximate surface area is 178 Å². The van der Waals surface area contributed by atoms with Crippen LogP contribution >= 0.6 is 0 Å². The van der Waals surface area contributed by atoms with Gasteiger partial charge in [0, 0.05) is 31.0 Å². The molecule has 0 atom stereocenters. The summed E-state index contributed by atoms with van der Waals surface area (Å²) in [5.74, 6) is 0.793. The number of rotatable bonds is 7. The third-order valence-electron chi connectivity index (χ3n) is 4.69. The lowest BCUT2D eigenvalue weighted by Crippen LogP contribution is -2.22. The summed E-state index contributed by atoms with van der Waals surface area (Å²) in [6.45, 7) is 0.669. The zero-order valence-corrected chi connectivity index (χ0v) is 16.8. The van der Waals surface area contributed by atoms with Gasteiger partial charge in [0.25, 0.3) is 5.91 Å². The molecular weight excluding hydrogens is 397 g/mol. The first-order valence-electron chi connectivity index (χ1n) is 9.61. The van der Waals surface area contributed by atoms with Crippen molar-refractivity contribution in [2.45, 2.75) is 13.1 Å². The molecule has 2 aromatic heterocycles. The lowest BCUT2D eigenvalue weighted by Gasteiger charge is -2.09. The van der Waals surface area contributed by atoms with Crippen LogP contribution in [0.15, 0.2) is 67.1 Å².